The monoisotopic (exact) mass is 297 g/mol. The molecule has 0 spiro atoms. The average molecular weight is 298 g/mol. The number of rotatable bonds is 7. The Balaban J connectivity index is 1.67. The Morgan fingerprint density at radius 3 is 2.75 bits per heavy atom. The SMILES string of the molecule is O=C(CCOc1cccc(Cl)c1)NCC1(C(=O)O)CC1. The van der Waals surface area contributed by atoms with Crippen molar-refractivity contribution in [3.63, 3.8) is 0 Å². The molecule has 2 N–H and O–H groups in total. The van der Waals surface area contributed by atoms with E-state index >= 15 is 0 Å². The molecule has 1 aliphatic rings. The van der Waals surface area contributed by atoms with E-state index in [-0.39, 0.29) is 25.5 Å². The third-order valence-electron chi connectivity index (χ3n) is 3.33. The van der Waals surface area contributed by atoms with E-state index in [1.165, 1.54) is 0 Å². The van der Waals surface area contributed by atoms with Crippen LogP contribution in [0.1, 0.15) is 19.3 Å². The van der Waals surface area contributed by atoms with E-state index in [0.29, 0.717) is 23.6 Å². The fourth-order valence-corrected chi connectivity index (χ4v) is 1.97. The molecule has 0 unspecified atom stereocenters. The standard InChI is InChI=1S/C14H16ClNO4/c15-10-2-1-3-11(8-10)20-7-4-12(17)16-9-14(5-6-14)13(18)19/h1-3,8H,4-7,9H2,(H,16,17)(H,18,19). The lowest BCUT2D eigenvalue weighted by Crippen LogP contribution is -2.34. The van der Waals surface area contributed by atoms with Crippen LogP contribution in [0.4, 0.5) is 0 Å². The molecule has 1 aliphatic carbocycles. The minimum absolute atomic E-state index is 0.183. The Morgan fingerprint density at radius 1 is 1.40 bits per heavy atom. The van der Waals surface area contributed by atoms with Gasteiger partial charge >= 0.3 is 5.97 Å². The first kappa shape index (κ1) is 14.7. The van der Waals surface area contributed by atoms with Gasteiger partial charge < -0.3 is 15.2 Å². The normalized spacial score (nSPS) is 15.4. The number of amides is 1. The zero-order chi connectivity index (χ0) is 14.6. The molecule has 1 amide bonds. The molecule has 20 heavy (non-hydrogen) atoms. The summed E-state index contributed by atoms with van der Waals surface area (Å²) in [4.78, 5) is 22.5. The second-order valence-electron chi connectivity index (χ2n) is 4.92. The number of halogens is 1. The van der Waals surface area contributed by atoms with Crippen LogP contribution in [0.2, 0.25) is 5.02 Å². The molecule has 6 heteroatoms. The van der Waals surface area contributed by atoms with Crippen molar-refractivity contribution >= 4 is 23.5 Å². The van der Waals surface area contributed by atoms with Crippen LogP contribution in [-0.2, 0) is 9.59 Å². The minimum atomic E-state index is -0.840. The first-order valence-corrected chi connectivity index (χ1v) is 6.78. The summed E-state index contributed by atoms with van der Waals surface area (Å²) in [6.07, 6.45) is 1.44. The van der Waals surface area contributed by atoms with Gasteiger partial charge in [-0.3, -0.25) is 9.59 Å². The highest BCUT2D eigenvalue weighted by Crippen LogP contribution is 2.45. The summed E-state index contributed by atoms with van der Waals surface area (Å²) in [6.45, 7) is 0.421. The Hall–Kier alpha value is -1.75. The van der Waals surface area contributed by atoms with Gasteiger partial charge in [-0.05, 0) is 31.0 Å². The second kappa shape index (κ2) is 6.13. The van der Waals surface area contributed by atoms with E-state index in [9.17, 15) is 9.59 Å². The van der Waals surface area contributed by atoms with Crippen LogP contribution < -0.4 is 10.1 Å². The Bertz CT molecular complexity index is 514. The zero-order valence-electron chi connectivity index (χ0n) is 10.9. The molecule has 1 fully saturated rings. The number of carbonyl (C=O) groups is 2. The smallest absolute Gasteiger partial charge is 0.311 e. The lowest BCUT2D eigenvalue weighted by atomic mass is 10.1. The number of benzene rings is 1. The fraction of sp³-hybridized carbons (Fsp3) is 0.429. The van der Waals surface area contributed by atoms with Crippen molar-refractivity contribution in [3.05, 3.63) is 29.3 Å². The number of carboxylic acid groups (broad SMARTS) is 1. The number of hydrogen-bond acceptors (Lipinski definition) is 3. The Labute approximate surface area is 121 Å². The van der Waals surface area contributed by atoms with E-state index in [0.717, 1.165) is 0 Å². The molecule has 0 aliphatic heterocycles. The summed E-state index contributed by atoms with van der Waals surface area (Å²) in [6, 6.07) is 6.93. The Morgan fingerprint density at radius 2 is 2.15 bits per heavy atom. The highest BCUT2D eigenvalue weighted by molar-refractivity contribution is 6.30. The quantitative estimate of drug-likeness (QED) is 0.808. The molecule has 2 rings (SSSR count). The molecule has 1 aromatic rings. The highest BCUT2D eigenvalue weighted by Gasteiger charge is 2.50. The largest absolute Gasteiger partial charge is 0.493 e. The van der Waals surface area contributed by atoms with Crippen molar-refractivity contribution in [2.24, 2.45) is 5.41 Å². The molecule has 0 heterocycles. The molecule has 0 bridgehead atoms. The fourth-order valence-electron chi connectivity index (χ4n) is 1.79. The summed E-state index contributed by atoms with van der Waals surface area (Å²) < 4.78 is 5.39. The lowest BCUT2D eigenvalue weighted by Gasteiger charge is -2.11. The second-order valence-corrected chi connectivity index (χ2v) is 5.35. The van der Waals surface area contributed by atoms with E-state index < -0.39 is 11.4 Å². The van der Waals surface area contributed by atoms with Gasteiger partial charge in [0.2, 0.25) is 5.91 Å². The van der Waals surface area contributed by atoms with Crippen molar-refractivity contribution in [3.8, 4) is 5.75 Å². The maximum atomic E-state index is 11.6. The van der Waals surface area contributed by atoms with Crippen LogP contribution >= 0.6 is 11.6 Å². The molecule has 0 saturated heterocycles. The van der Waals surface area contributed by atoms with Gasteiger partial charge in [0, 0.05) is 11.6 Å². The maximum Gasteiger partial charge on any atom is 0.311 e. The van der Waals surface area contributed by atoms with Gasteiger partial charge in [0.05, 0.1) is 18.4 Å². The number of aliphatic carboxylic acids is 1. The van der Waals surface area contributed by atoms with Gasteiger partial charge in [0.25, 0.3) is 0 Å². The zero-order valence-corrected chi connectivity index (χ0v) is 11.7. The first-order chi connectivity index (χ1) is 9.52. The van der Waals surface area contributed by atoms with Crippen LogP contribution in [0.15, 0.2) is 24.3 Å². The van der Waals surface area contributed by atoms with Crippen LogP contribution in [0.25, 0.3) is 0 Å². The first-order valence-electron chi connectivity index (χ1n) is 6.40. The summed E-state index contributed by atoms with van der Waals surface area (Å²) >= 11 is 5.81. The molecular weight excluding hydrogens is 282 g/mol. The van der Waals surface area contributed by atoms with Gasteiger partial charge in [-0.15, -0.1) is 0 Å². The average Bonchev–Trinajstić information content (AvgIpc) is 3.18. The molecule has 0 atom stereocenters. The summed E-state index contributed by atoms with van der Waals surface area (Å²) in [7, 11) is 0. The number of ether oxygens (including phenoxy) is 1. The predicted octanol–water partition coefficient (Wildman–Crippen LogP) is 2.09. The number of carbonyl (C=O) groups excluding carboxylic acids is 1. The van der Waals surface area contributed by atoms with Gasteiger partial charge in [-0.1, -0.05) is 17.7 Å². The van der Waals surface area contributed by atoms with Gasteiger partial charge in [-0.25, -0.2) is 0 Å². The van der Waals surface area contributed by atoms with E-state index in [2.05, 4.69) is 5.32 Å². The number of nitrogens with one attached hydrogen (secondary N) is 1. The topological polar surface area (TPSA) is 75.6 Å². The summed E-state index contributed by atoms with van der Waals surface area (Å²) in [5.74, 6) is -0.443. The van der Waals surface area contributed by atoms with Gasteiger partial charge in [0.1, 0.15) is 5.75 Å². The third-order valence-corrected chi connectivity index (χ3v) is 3.56. The van der Waals surface area contributed by atoms with Crippen molar-refractivity contribution in [2.45, 2.75) is 19.3 Å². The van der Waals surface area contributed by atoms with Gasteiger partial charge in [-0.2, -0.15) is 0 Å². The van der Waals surface area contributed by atoms with E-state index in [4.69, 9.17) is 21.4 Å². The van der Waals surface area contributed by atoms with Crippen molar-refractivity contribution in [1.29, 1.82) is 0 Å². The van der Waals surface area contributed by atoms with Crippen LogP contribution in [0, 0.1) is 5.41 Å². The third kappa shape index (κ3) is 3.87. The van der Waals surface area contributed by atoms with Crippen LogP contribution in [0.5, 0.6) is 5.75 Å². The number of carboxylic acids is 1. The van der Waals surface area contributed by atoms with Gasteiger partial charge in [0.15, 0.2) is 0 Å². The molecule has 0 aromatic heterocycles. The minimum Gasteiger partial charge on any atom is -0.493 e. The number of hydrogen-bond donors (Lipinski definition) is 2. The van der Waals surface area contributed by atoms with E-state index in [1.807, 2.05) is 0 Å². The summed E-state index contributed by atoms with van der Waals surface area (Å²) in [5.41, 5.74) is -0.733. The maximum absolute atomic E-state index is 11.6. The molecule has 108 valence electrons. The summed E-state index contributed by atoms with van der Waals surface area (Å²) in [5, 5.41) is 12.2. The van der Waals surface area contributed by atoms with Crippen molar-refractivity contribution in [2.75, 3.05) is 13.2 Å². The van der Waals surface area contributed by atoms with Crippen LogP contribution in [0.3, 0.4) is 0 Å². The van der Waals surface area contributed by atoms with E-state index in [1.54, 1.807) is 24.3 Å². The van der Waals surface area contributed by atoms with Crippen molar-refractivity contribution in [1.82, 2.24) is 5.32 Å². The molecular formula is C14H16ClNO4. The molecule has 1 aromatic carbocycles. The highest BCUT2D eigenvalue weighted by atomic mass is 35.5. The van der Waals surface area contributed by atoms with Crippen molar-refractivity contribution < 1.29 is 19.4 Å². The molecule has 1 saturated carbocycles. The molecule has 0 radical (unpaired) electrons. The molecule has 5 nitrogen and oxygen atoms in total. The van der Waals surface area contributed by atoms with Crippen LogP contribution in [-0.4, -0.2) is 30.1 Å². The predicted molar refractivity (Wildman–Crippen MR) is 73.9 cm³/mol. The lowest BCUT2D eigenvalue weighted by molar-refractivity contribution is -0.143. The Kier molecular flexibility index (Phi) is 4.49.